The zero-order chi connectivity index (χ0) is 44.8. The fraction of sp³-hybridized carbons (Fsp3) is 0. The highest BCUT2D eigenvalue weighted by molar-refractivity contribution is 6.14. The molecule has 56 heavy (non-hydrogen) atoms. The van der Waals surface area contributed by atoms with E-state index in [0.29, 0.717) is 34.1 Å². The Morgan fingerprint density at radius 2 is 1.05 bits per heavy atom. The molecule has 11 aromatic rings. The summed E-state index contributed by atoms with van der Waals surface area (Å²) < 4.78 is 86.1. The standard InChI is InChI=1S/C51H32N4O/c1-3-14-34(15-4-1)39-22-12-23-41-40-20-7-9-25-44(40)55(48(39)41)38-19-11-18-37(32-38)33-28-30-36(31-29-33)50-52-49(35-16-5-2-6-17-35)53-51(54-50)43-24-13-27-46-47(43)42-21-8-10-26-45(42)56-46/h1-32H/i1D,3D,4D,7D,9D,14D,15D,20D,25D. The summed E-state index contributed by atoms with van der Waals surface area (Å²) in [6, 6.07) is 40.2. The van der Waals surface area contributed by atoms with Gasteiger partial charge in [0.25, 0.3) is 0 Å². The van der Waals surface area contributed by atoms with Crippen LogP contribution < -0.4 is 0 Å². The van der Waals surface area contributed by atoms with Gasteiger partial charge in [-0.2, -0.15) is 0 Å². The van der Waals surface area contributed by atoms with Crippen molar-refractivity contribution in [3.63, 3.8) is 0 Å². The normalized spacial score (nSPS) is 13.8. The Hall–Kier alpha value is -7.63. The smallest absolute Gasteiger partial charge is 0.164 e. The van der Waals surface area contributed by atoms with E-state index in [2.05, 4.69) is 0 Å². The molecule has 3 heterocycles. The van der Waals surface area contributed by atoms with Crippen molar-refractivity contribution in [2.24, 2.45) is 0 Å². The molecule has 5 heteroatoms. The van der Waals surface area contributed by atoms with Crippen LogP contribution in [0.3, 0.4) is 0 Å². The molecule has 0 amide bonds. The van der Waals surface area contributed by atoms with E-state index < -0.39 is 42.3 Å². The number of hydrogen-bond donors (Lipinski definition) is 0. The molecule has 0 radical (unpaired) electrons. The van der Waals surface area contributed by atoms with Crippen molar-refractivity contribution < 1.29 is 16.8 Å². The zero-order valence-corrected chi connectivity index (χ0v) is 29.5. The number of aromatic nitrogens is 4. The van der Waals surface area contributed by atoms with Crippen LogP contribution in [0.4, 0.5) is 0 Å². The van der Waals surface area contributed by atoms with E-state index in [1.165, 1.54) is 0 Å². The molecule has 0 aliphatic carbocycles. The molecule has 0 aliphatic heterocycles. The largest absolute Gasteiger partial charge is 0.456 e. The third-order valence-electron chi connectivity index (χ3n) is 10.1. The highest BCUT2D eigenvalue weighted by atomic mass is 16.3. The average molecular weight is 726 g/mol. The van der Waals surface area contributed by atoms with E-state index in [4.69, 9.17) is 31.7 Å². The van der Waals surface area contributed by atoms with Crippen molar-refractivity contribution >= 4 is 43.7 Å². The number of para-hydroxylation sites is 3. The third kappa shape index (κ3) is 5.29. The Morgan fingerprint density at radius 3 is 1.91 bits per heavy atom. The summed E-state index contributed by atoms with van der Waals surface area (Å²) in [5.74, 6) is 1.48. The predicted molar refractivity (Wildman–Crippen MR) is 229 cm³/mol. The van der Waals surface area contributed by atoms with E-state index in [-0.39, 0.29) is 34.1 Å². The van der Waals surface area contributed by atoms with Crippen LogP contribution in [0.5, 0.6) is 0 Å². The van der Waals surface area contributed by atoms with E-state index >= 15 is 0 Å². The van der Waals surface area contributed by atoms with Gasteiger partial charge >= 0.3 is 0 Å². The molecule has 0 atom stereocenters. The van der Waals surface area contributed by atoms with Crippen molar-refractivity contribution in [3.8, 4) is 62.1 Å². The van der Waals surface area contributed by atoms with Crippen LogP contribution in [0.1, 0.15) is 12.3 Å². The summed E-state index contributed by atoms with van der Waals surface area (Å²) in [7, 11) is 0. The summed E-state index contributed by atoms with van der Waals surface area (Å²) >= 11 is 0. The third-order valence-corrected chi connectivity index (χ3v) is 10.1. The number of fused-ring (bicyclic) bond motifs is 6. The monoisotopic (exact) mass is 725 g/mol. The Labute approximate surface area is 335 Å². The number of nitrogens with zero attached hydrogens (tertiary/aromatic N) is 4. The highest BCUT2D eigenvalue weighted by Gasteiger charge is 2.19. The maximum absolute atomic E-state index is 9.14. The minimum absolute atomic E-state index is 0.0423. The second-order valence-electron chi connectivity index (χ2n) is 13.3. The summed E-state index contributed by atoms with van der Waals surface area (Å²) in [4.78, 5) is 15.0. The van der Waals surface area contributed by atoms with Gasteiger partial charge < -0.3 is 8.98 Å². The minimum atomic E-state index is -0.525. The molecule has 0 aliphatic rings. The number of benzene rings is 8. The molecule has 0 spiro atoms. The predicted octanol–water partition coefficient (Wildman–Crippen LogP) is 13.2. The van der Waals surface area contributed by atoms with E-state index in [1.54, 1.807) is 22.8 Å². The quantitative estimate of drug-likeness (QED) is 0.171. The second kappa shape index (κ2) is 13.0. The fourth-order valence-electron chi connectivity index (χ4n) is 7.55. The molecule has 0 N–H and O–H groups in total. The van der Waals surface area contributed by atoms with Gasteiger partial charge in [0.05, 0.1) is 23.4 Å². The molecule has 0 saturated heterocycles. The maximum Gasteiger partial charge on any atom is 0.164 e. The SMILES string of the molecule is [2H]c1c([2H])c([2H])c(-c2cccc3c4c([2H])c([2H])c([2H])c([2H])c4n(-c4cccc(-c5ccc(-c6nc(-c7ccccc7)nc(-c7cccc8oc9ccccc9c78)n6)cc5)c4)c23)c([2H])c1[2H]. The number of hydrogen-bond acceptors (Lipinski definition) is 4. The van der Waals surface area contributed by atoms with Gasteiger partial charge in [0.1, 0.15) is 11.2 Å². The summed E-state index contributed by atoms with van der Waals surface area (Å²) in [5.41, 5.74) is 6.84. The van der Waals surface area contributed by atoms with Crippen LogP contribution in [-0.2, 0) is 0 Å². The first-order valence-corrected chi connectivity index (χ1v) is 18.0. The van der Waals surface area contributed by atoms with Gasteiger partial charge in [-0.1, -0.05) is 164 Å². The first-order chi connectivity index (χ1) is 31.5. The van der Waals surface area contributed by atoms with Gasteiger partial charge in [0.15, 0.2) is 17.5 Å². The molecule has 0 saturated carbocycles. The Kier molecular flexibility index (Phi) is 5.57. The zero-order valence-electron chi connectivity index (χ0n) is 38.5. The van der Waals surface area contributed by atoms with Crippen molar-refractivity contribution in [3.05, 3.63) is 194 Å². The lowest BCUT2D eigenvalue weighted by Crippen LogP contribution is -2.00. The molecule has 5 nitrogen and oxygen atoms in total. The van der Waals surface area contributed by atoms with E-state index in [0.717, 1.165) is 49.8 Å². The van der Waals surface area contributed by atoms with Gasteiger partial charge in [-0.05, 0) is 47.0 Å². The van der Waals surface area contributed by atoms with E-state index in [1.807, 2.05) is 121 Å². The maximum atomic E-state index is 9.14. The van der Waals surface area contributed by atoms with Crippen molar-refractivity contribution in [1.82, 2.24) is 19.5 Å². The van der Waals surface area contributed by atoms with Crippen molar-refractivity contribution in [2.45, 2.75) is 0 Å². The van der Waals surface area contributed by atoms with Crippen molar-refractivity contribution in [2.75, 3.05) is 0 Å². The summed E-state index contributed by atoms with van der Waals surface area (Å²) in [5, 5.41) is 2.56. The van der Waals surface area contributed by atoms with Crippen LogP contribution in [0.15, 0.2) is 198 Å². The molecular weight excluding hydrogens is 685 g/mol. The molecule has 8 aromatic carbocycles. The first-order valence-electron chi connectivity index (χ1n) is 22.5. The topological polar surface area (TPSA) is 56.7 Å². The molecule has 3 aromatic heterocycles. The van der Waals surface area contributed by atoms with Gasteiger partial charge in [0, 0.05) is 49.5 Å². The highest BCUT2D eigenvalue weighted by Crippen LogP contribution is 2.40. The number of rotatable bonds is 6. The molecule has 0 unspecified atom stereocenters. The average Bonchev–Trinajstić information content (AvgIpc) is 3.91. The Balaban J connectivity index is 1.07. The van der Waals surface area contributed by atoms with Gasteiger partial charge in [-0.15, -0.1) is 0 Å². The molecule has 262 valence electrons. The first kappa shape index (κ1) is 23.9. The van der Waals surface area contributed by atoms with Crippen molar-refractivity contribution in [1.29, 1.82) is 0 Å². The molecule has 0 fully saturated rings. The van der Waals surface area contributed by atoms with Gasteiger partial charge in [-0.25, -0.2) is 15.0 Å². The van der Waals surface area contributed by atoms with Crippen LogP contribution in [0.2, 0.25) is 0 Å². The molecule has 0 bridgehead atoms. The van der Waals surface area contributed by atoms with Crippen LogP contribution in [0.25, 0.3) is 106 Å². The van der Waals surface area contributed by atoms with Gasteiger partial charge in [-0.3, -0.25) is 0 Å². The summed E-state index contributed by atoms with van der Waals surface area (Å²) in [6.45, 7) is 0. The fourth-order valence-corrected chi connectivity index (χ4v) is 7.55. The second-order valence-corrected chi connectivity index (χ2v) is 13.3. The lowest BCUT2D eigenvalue weighted by molar-refractivity contribution is 0.669. The number of furan rings is 1. The van der Waals surface area contributed by atoms with Crippen LogP contribution >= 0.6 is 0 Å². The van der Waals surface area contributed by atoms with Gasteiger partial charge in [0.2, 0.25) is 0 Å². The lowest BCUT2D eigenvalue weighted by Gasteiger charge is -2.13. The minimum Gasteiger partial charge on any atom is -0.456 e. The van der Waals surface area contributed by atoms with Crippen LogP contribution in [0, 0.1) is 0 Å². The molecular formula is C51H32N4O. The lowest BCUT2D eigenvalue weighted by atomic mass is 10.0. The molecule has 11 rings (SSSR count). The Morgan fingerprint density at radius 1 is 0.429 bits per heavy atom. The van der Waals surface area contributed by atoms with E-state index in [9.17, 15) is 0 Å². The summed E-state index contributed by atoms with van der Waals surface area (Å²) in [6.07, 6.45) is 0. The van der Waals surface area contributed by atoms with Crippen LogP contribution in [-0.4, -0.2) is 19.5 Å². The Bertz CT molecular complexity index is 3750.